The normalized spacial score (nSPS) is 20.8. The SMILES string of the molecule is CC1(C)OB(C(=Cc2cncc(N)c2N)CO)OC1(C)C. The molecule has 0 bridgehead atoms. The second-order valence-corrected chi connectivity index (χ2v) is 6.20. The van der Waals surface area contributed by atoms with Crippen molar-refractivity contribution in [1.82, 2.24) is 4.98 Å². The zero-order chi connectivity index (χ0) is 15.8. The minimum absolute atomic E-state index is 0.203. The lowest BCUT2D eigenvalue weighted by molar-refractivity contribution is 0.00578. The van der Waals surface area contributed by atoms with Gasteiger partial charge >= 0.3 is 7.12 Å². The average Bonchev–Trinajstić information content (AvgIpc) is 2.60. The Bertz CT molecular complexity index is 557. The Hall–Kier alpha value is -1.57. The summed E-state index contributed by atoms with van der Waals surface area (Å²) in [5, 5.41) is 9.63. The van der Waals surface area contributed by atoms with E-state index in [1.165, 1.54) is 6.20 Å². The molecule has 0 spiro atoms. The highest BCUT2D eigenvalue weighted by Gasteiger charge is 2.52. The molecule has 21 heavy (non-hydrogen) atoms. The summed E-state index contributed by atoms with van der Waals surface area (Å²) in [6, 6.07) is 0. The third-order valence-electron chi connectivity index (χ3n) is 4.13. The highest BCUT2D eigenvalue weighted by Crippen LogP contribution is 2.39. The fraction of sp³-hybridized carbons (Fsp3) is 0.500. The Balaban J connectivity index is 2.33. The van der Waals surface area contributed by atoms with Crippen LogP contribution in [0.2, 0.25) is 0 Å². The summed E-state index contributed by atoms with van der Waals surface area (Å²) in [4.78, 5) is 4.00. The van der Waals surface area contributed by atoms with Crippen molar-refractivity contribution in [3.05, 3.63) is 23.4 Å². The molecule has 1 saturated heterocycles. The van der Waals surface area contributed by atoms with Crippen LogP contribution in [0, 0.1) is 0 Å². The minimum atomic E-state index is -0.624. The van der Waals surface area contributed by atoms with Gasteiger partial charge in [0.2, 0.25) is 0 Å². The number of pyridine rings is 1. The molecule has 0 atom stereocenters. The van der Waals surface area contributed by atoms with Crippen molar-refractivity contribution < 1.29 is 14.4 Å². The van der Waals surface area contributed by atoms with Crippen molar-refractivity contribution in [2.24, 2.45) is 0 Å². The molecule has 2 rings (SSSR count). The molecule has 0 aromatic carbocycles. The van der Waals surface area contributed by atoms with E-state index in [1.807, 2.05) is 27.7 Å². The van der Waals surface area contributed by atoms with Gasteiger partial charge in [0.1, 0.15) is 0 Å². The Morgan fingerprint density at radius 3 is 2.33 bits per heavy atom. The van der Waals surface area contributed by atoms with Gasteiger partial charge in [-0.1, -0.05) is 6.08 Å². The van der Waals surface area contributed by atoms with Crippen molar-refractivity contribution in [3.63, 3.8) is 0 Å². The molecule has 7 heteroatoms. The maximum atomic E-state index is 9.63. The van der Waals surface area contributed by atoms with E-state index in [-0.39, 0.29) is 6.61 Å². The van der Waals surface area contributed by atoms with Gasteiger partial charge < -0.3 is 25.9 Å². The van der Waals surface area contributed by atoms with Gasteiger partial charge in [0.25, 0.3) is 0 Å². The van der Waals surface area contributed by atoms with Gasteiger partial charge in [-0.3, -0.25) is 4.98 Å². The molecule has 114 valence electrons. The Labute approximate surface area is 125 Å². The lowest BCUT2D eigenvalue weighted by Gasteiger charge is -2.32. The van der Waals surface area contributed by atoms with Gasteiger partial charge in [0.15, 0.2) is 0 Å². The zero-order valence-electron chi connectivity index (χ0n) is 12.9. The number of nitrogens with zero attached hydrogens (tertiary/aromatic N) is 1. The van der Waals surface area contributed by atoms with Crippen LogP contribution in [0.4, 0.5) is 11.4 Å². The summed E-state index contributed by atoms with van der Waals surface area (Å²) < 4.78 is 11.8. The Morgan fingerprint density at radius 1 is 1.24 bits per heavy atom. The Kier molecular flexibility index (Phi) is 4.01. The van der Waals surface area contributed by atoms with Gasteiger partial charge in [0, 0.05) is 11.8 Å². The predicted molar refractivity (Wildman–Crippen MR) is 84.2 cm³/mol. The smallest absolute Gasteiger partial charge is 0.400 e. The standard InChI is InChI=1S/C14H22BN3O3/c1-13(2)14(3,4)21-15(20-13)10(8-19)5-9-6-18-7-11(16)12(9)17/h5-7,19H,8,16H2,1-4H3,(H2,17,18). The molecular weight excluding hydrogens is 269 g/mol. The number of nitrogens with two attached hydrogens (primary N) is 2. The summed E-state index contributed by atoms with van der Waals surface area (Å²) in [5.74, 6) is 0. The topological polar surface area (TPSA) is 104 Å². The molecule has 1 aromatic rings. The van der Waals surface area contributed by atoms with Crippen LogP contribution in [-0.2, 0) is 9.31 Å². The van der Waals surface area contributed by atoms with Crippen molar-refractivity contribution in [3.8, 4) is 0 Å². The lowest BCUT2D eigenvalue weighted by atomic mass is 9.77. The van der Waals surface area contributed by atoms with Crippen LogP contribution >= 0.6 is 0 Å². The molecule has 2 heterocycles. The number of aliphatic hydroxyl groups is 1. The van der Waals surface area contributed by atoms with Crippen molar-refractivity contribution >= 4 is 24.6 Å². The molecule has 0 saturated carbocycles. The average molecular weight is 291 g/mol. The molecule has 0 radical (unpaired) electrons. The molecule has 1 aliphatic rings. The summed E-state index contributed by atoms with van der Waals surface area (Å²) in [6.07, 6.45) is 4.79. The van der Waals surface area contributed by atoms with Gasteiger partial charge in [0.05, 0.1) is 35.4 Å². The first-order valence-corrected chi connectivity index (χ1v) is 6.84. The second-order valence-electron chi connectivity index (χ2n) is 6.20. The lowest BCUT2D eigenvalue weighted by Crippen LogP contribution is -2.41. The summed E-state index contributed by atoms with van der Waals surface area (Å²) in [6.45, 7) is 7.62. The molecule has 0 unspecified atom stereocenters. The van der Waals surface area contributed by atoms with E-state index < -0.39 is 18.3 Å². The largest absolute Gasteiger partial charge is 0.492 e. The number of nitrogen functional groups attached to an aromatic ring is 2. The molecular formula is C14H22BN3O3. The minimum Gasteiger partial charge on any atom is -0.400 e. The summed E-state index contributed by atoms with van der Waals surface area (Å²) in [7, 11) is -0.624. The fourth-order valence-electron chi connectivity index (χ4n) is 2.00. The van der Waals surface area contributed by atoms with E-state index >= 15 is 0 Å². The van der Waals surface area contributed by atoms with Crippen LogP contribution < -0.4 is 11.5 Å². The van der Waals surface area contributed by atoms with E-state index in [9.17, 15) is 5.11 Å². The van der Waals surface area contributed by atoms with Crippen molar-refractivity contribution in [2.75, 3.05) is 18.1 Å². The number of hydrogen-bond donors (Lipinski definition) is 3. The van der Waals surface area contributed by atoms with Crippen LogP contribution in [-0.4, -0.2) is 35.0 Å². The fourth-order valence-corrected chi connectivity index (χ4v) is 2.00. The number of rotatable bonds is 3. The van der Waals surface area contributed by atoms with E-state index in [0.29, 0.717) is 22.4 Å². The maximum absolute atomic E-state index is 9.63. The van der Waals surface area contributed by atoms with Crippen LogP contribution in [0.1, 0.15) is 33.3 Å². The Morgan fingerprint density at radius 2 is 1.81 bits per heavy atom. The predicted octanol–water partition coefficient (Wildman–Crippen LogP) is 1.25. The summed E-state index contributed by atoms with van der Waals surface area (Å²) in [5.41, 5.74) is 12.8. The van der Waals surface area contributed by atoms with E-state index in [1.54, 1.807) is 12.3 Å². The van der Waals surface area contributed by atoms with Crippen LogP contribution in [0.3, 0.4) is 0 Å². The van der Waals surface area contributed by atoms with E-state index in [4.69, 9.17) is 20.8 Å². The number of anilines is 2. The highest BCUT2D eigenvalue weighted by atomic mass is 16.7. The van der Waals surface area contributed by atoms with Crippen molar-refractivity contribution in [1.29, 1.82) is 0 Å². The van der Waals surface area contributed by atoms with Crippen LogP contribution in [0.5, 0.6) is 0 Å². The number of aliphatic hydroxyl groups excluding tert-OH is 1. The van der Waals surface area contributed by atoms with Crippen molar-refractivity contribution in [2.45, 2.75) is 38.9 Å². The van der Waals surface area contributed by atoms with Gasteiger partial charge in [-0.25, -0.2) is 0 Å². The molecule has 1 fully saturated rings. The summed E-state index contributed by atoms with van der Waals surface area (Å²) >= 11 is 0. The van der Waals surface area contributed by atoms with Gasteiger partial charge in [-0.05, 0) is 33.2 Å². The molecule has 0 aliphatic carbocycles. The van der Waals surface area contributed by atoms with Crippen LogP contribution in [0.15, 0.2) is 17.9 Å². The molecule has 0 amide bonds. The zero-order valence-corrected chi connectivity index (χ0v) is 12.9. The molecule has 6 nitrogen and oxygen atoms in total. The van der Waals surface area contributed by atoms with Crippen LogP contribution in [0.25, 0.3) is 6.08 Å². The van der Waals surface area contributed by atoms with Gasteiger partial charge in [-0.15, -0.1) is 0 Å². The molecule has 1 aliphatic heterocycles. The van der Waals surface area contributed by atoms with Gasteiger partial charge in [-0.2, -0.15) is 0 Å². The third kappa shape index (κ3) is 2.90. The first kappa shape index (κ1) is 15.8. The second kappa shape index (κ2) is 5.33. The van der Waals surface area contributed by atoms with E-state index in [0.717, 1.165) is 0 Å². The first-order valence-electron chi connectivity index (χ1n) is 6.84. The quantitative estimate of drug-likeness (QED) is 0.724. The third-order valence-corrected chi connectivity index (χ3v) is 4.13. The maximum Gasteiger partial charge on any atom is 0.492 e. The van der Waals surface area contributed by atoms with E-state index in [2.05, 4.69) is 4.98 Å². The monoisotopic (exact) mass is 291 g/mol. The number of aromatic nitrogens is 1. The first-order chi connectivity index (χ1) is 9.68. The highest BCUT2D eigenvalue weighted by molar-refractivity contribution is 6.55. The molecule has 5 N–H and O–H groups in total. The molecule has 1 aromatic heterocycles. The number of hydrogen-bond acceptors (Lipinski definition) is 6.